The fraction of sp³-hybridized carbons (Fsp3) is 0.467. The molecule has 2 rings (SSSR count). The Hall–Kier alpha value is -1.84. The van der Waals surface area contributed by atoms with E-state index in [0.29, 0.717) is 5.92 Å². The number of rotatable bonds is 3. The zero-order valence-corrected chi connectivity index (χ0v) is 12.3. The Morgan fingerprint density at radius 1 is 1.32 bits per heavy atom. The number of hydrogen-bond acceptors (Lipinski definition) is 2. The average molecular weight is 259 g/mol. The Labute approximate surface area is 113 Å². The minimum Gasteiger partial charge on any atom is -0.271 e. The molecular weight excluding hydrogens is 238 g/mol. The normalized spacial score (nSPS) is 11.3. The van der Waals surface area contributed by atoms with Crippen molar-refractivity contribution in [2.75, 3.05) is 0 Å². The second-order valence-electron chi connectivity index (χ2n) is 5.46. The molecule has 2 aromatic heterocycles. The molecule has 0 N–H and O–H groups in total. The topological polar surface area (TPSA) is 39.8 Å². The van der Waals surface area contributed by atoms with Gasteiger partial charge in [0.1, 0.15) is 0 Å². The lowest BCUT2D eigenvalue weighted by Gasteiger charge is -2.08. The van der Waals surface area contributed by atoms with Crippen molar-refractivity contribution in [2.24, 2.45) is 13.0 Å². The molecule has 4 nitrogen and oxygen atoms in total. The maximum absolute atomic E-state index is 12.5. The number of hydrogen-bond donors (Lipinski definition) is 0. The molecule has 0 bridgehead atoms. The van der Waals surface area contributed by atoms with Crippen LogP contribution in [0, 0.1) is 19.8 Å². The van der Waals surface area contributed by atoms with E-state index in [-0.39, 0.29) is 5.56 Å². The molecule has 0 radical (unpaired) electrons. The molecule has 0 saturated heterocycles. The van der Waals surface area contributed by atoms with Crippen molar-refractivity contribution in [3.8, 4) is 5.82 Å². The quantitative estimate of drug-likeness (QED) is 0.849. The number of pyridine rings is 1. The Morgan fingerprint density at radius 3 is 2.53 bits per heavy atom. The number of aryl methyl sites for hydroxylation is 1. The van der Waals surface area contributed by atoms with Gasteiger partial charge in [-0.1, -0.05) is 19.9 Å². The molecule has 0 aliphatic rings. The van der Waals surface area contributed by atoms with Gasteiger partial charge in [0, 0.05) is 30.1 Å². The number of aromatic nitrogens is 3. The summed E-state index contributed by atoms with van der Waals surface area (Å²) in [6.07, 6.45) is 2.59. The van der Waals surface area contributed by atoms with Crippen LogP contribution < -0.4 is 5.56 Å². The third kappa shape index (κ3) is 2.48. The van der Waals surface area contributed by atoms with Gasteiger partial charge in [0.05, 0.1) is 0 Å². The largest absolute Gasteiger partial charge is 0.271 e. The minimum atomic E-state index is 0.0393. The standard InChI is InChI=1S/C15H21N3O/c1-10(2)9-13-7-6-8-18(15(13)19)14-11(3)12(4)17(5)16-14/h6-8,10H,9H2,1-5H3. The summed E-state index contributed by atoms with van der Waals surface area (Å²) in [6.45, 7) is 8.24. The summed E-state index contributed by atoms with van der Waals surface area (Å²) < 4.78 is 3.46. The van der Waals surface area contributed by atoms with Crippen molar-refractivity contribution >= 4 is 0 Å². The minimum absolute atomic E-state index is 0.0393. The molecule has 102 valence electrons. The van der Waals surface area contributed by atoms with Gasteiger partial charge in [-0.25, -0.2) is 0 Å². The van der Waals surface area contributed by atoms with E-state index in [9.17, 15) is 4.79 Å². The number of nitrogens with zero attached hydrogens (tertiary/aromatic N) is 3. The highest BCUT2D eigenvalue weighted by Crippen LogP contribution is 2.14. The van der Waals surface area contributed by atoms with Crippen LogP contribution in [0.25, 0.3) is 5.82 Å². The highest BCUT2D eigenvalue weighted by Gasteiger charge is 2.13. The van der Waals surface area contributed by atoms with Crippen LogP contribution in [0.4, 0.5) is 0 Å². The van der Waals surface area contributed by atoms with Gasteiger partial charge in [0.25, 0.3) is 5.56 Å². The molecule has 0 spiro atoms. The van der Waals surface area contributed by atoms with Crippen LogP contribution in [-0.2, 0) is 13.5 Å². The Bertz CT molecular complexity index is 650. The van der Waals surface area contributed by atoms with E-state index in [1.54, 1.807) is 10.8 Å². The fourth-order valence-electron chi connectivity index (χ4n) is 2.23. The molecule has 4 heteroatoms. The van der Waals surface area contributed by atoms with Gasteiger partial charge in [0.2, 0.25) is 0 Å². The first-order valence-electron chi connectivity index (χ1n) is 6.63. The highest BCUT2D eigenvalue weighted by molar-refractivity contribution is 5.37. The molecule has 0 amide bonds. The zero-order valence-electron chi connectivity index (χ0n) is 12.3. The van der Waals surface area contributed by atoms with Crippen LogP contribution in [-0.4, -0.2) is 14.3 Å². The highest BCUT2D eigenvalue weighted by atomic mass is 16.1. The van der Waals surface area contributed by atoms with Crippen molar-refractivity contribution < 1.29 is 0 Å². The maximum atomic E-state index is 12.5. The van der Waals surface area contributed by atoms with Gasteiger partial charge in [-0.05, 0) is 32.3 Å². The van der Waals surface area contributed by atoms with Crippen molar-refractivity contribution in [2.45, 2.75) is 34.1 Å². The first-order valence-corrected chi connectivity index (χ1v) is 6.63. The van der Waals surface area contributed by atoms with Gasteiger partial charge in [-0.2, -0.15) is 5.10 Å². The lowest BCUT2D eigenvalue weighted by atomic mass is 10.0. The molecular formula is C15H21N3O. The van der Waals surface area contributed by atoms with Gasteiger partial charge in [-0.15, -0.1) is 0 Å². The average Bonchev–Trinajstić information content (AvgIpc) is 2.59. The van der Waals surface area contributed by atoms with Crippen LogP contribution in [0.1, 0.15) is 30.7 Å². The fourth-order valence-corrected chi connectivity index (χ4v) is 2.23. The zero-order chi connectivity index (χ0) is 14.2. The van der Waals surface area contributed by atoms with Crippen molar-refractivity contribution in [1.82, 2.24) is 14.3 Å². The van der Waals surface area contributed by atoms with Crippen molar-refractivity contribution in [3.05, 3.63) is 45.5 Å². The van der Waals surface area contributed by atoms with Crippen LogP contribution >= 0.6 is 0 Å². The first kappa shape index (κ1) is 13.6. The third-order valence-electron chi connectivity index (χ3n) is 3.49. The van der Waals surface area contributed by atoms with E-state index in [2.05, 4.69) is 18.9 Å². The van der Waals surface area contributed by atoms with Gasteiger partial charge >= 0.3 is 0 Å². The van der Waals surface area contributed by atoms with Crippen molar-refractivity contribution in [1.29, 1.82) is 0 Å². The van der Waals surface area contributed by atoms with E-state index in [1.165, 1.54) is 0 Å². The van der Waals surface area contributed by atoms with Crippen LogP contribution in [0.2, 0.25) is 0 Å². The molecule has 0 fully saturated rings. The summed E-state index contributed by atoms with van der Waals surface area (Å²) in [5, 5.41) is 4.44. The van der Waals surface area contributed by atoms with E-state index in [0.717, 1.165) is 29.1 Å². The Balaban J connectivity index is 2.57. The Morgan fingerprint density at radius 2 is 2.00 bits per heavy atom. The lowest BCUT2D eigenvalue weighted by molar-refractivity contribution is 0.638. The smallest absolute Gasteiger partial charge is 0.259 e. The summed E-state index contributed by atoms with van der Waals surface area (Å²) in [5.41, 5.74) is 3.01. The summed E-state index contributed by atoms with van der Waals surface area (Å²) in [7, 11) is 1.90. The third-order valence-corrected chi connectivity index (χ3v) is 3.49. The van der Waals surface area contributed by atoms with Crippen molar-refractivity contribution in [3.63, 3.8) is 0 Å². The predicted octanol–water partition coefficient (Wildman–Crippen LogP) is 2.39. The van der Waals surface area contributed by atoms with E-state index in [4.69, 9.17) is 0 Å². The second-order valence-corrected chi connectivity index (χ2v) is 5.46. The Kier molecular flexibility index (Phi) is 3.60. The predicted molar refractivity (Wildman–Crippen MR) is 76.8 cm³/mol. The maximum Gasteiger partial charge on any atom is 0.259 e. The molecule has 2 aromatic rings. The monoisotopic (exact) mass is 259 g/mol. The van der Waals surface area contributed by atoms with Crippen LogP contribution in [0.5, 0.6) is 0 Å². The lowest BCUT2D eigenvalue weighted by Crippen LogP contribution is -2.23. The SMILES string of the molecule is Cc1c(-n2cccc(CC(C)C)c2=O)nn(C)c1C. The second kappa shape index (κ2) is 5.03. The van der Waals surface area contributed by atoms with Gasteiger partial charge in [-0.3, -0.25) is 14.0 Å². The summed E-state index contributed by atoms with van der Waals surface area (Å²) in [5.74, 6) is 1.20. The summed E-state index contributed by atoms with van der Waals surface area (Å²) in [4.78, 5) is 12.5. The molecule has 0 atom stereocenters. The summed E-state index contributed by atoms with van der Waals surface area (Å²) in [6, 6.07) is 3.83. The van der Waals surface area contributed by atoms with E-state index >= 15 is 0 Å². The summed E-state index contributed by atoms with van der Waals surface area (Å²) >= 11 is 0. The molecule has 0 aromatic carbocycles. The molecule has 19 heavy (non-hydrogen) atoms. The molecule has 0 unspecified atom stereocenters. The molecule has 2 heterocycles. The molecule has 0 aliphatic carbocycles. The molecule has 0 saturated carbocycles. The van der Waals surface area contributed by atoms with E-state index < -0.39 is 0 Å². The van der Waals surface area contributed by atoms with Crippen LogP contribution in [0.15, 0.2) is 23.1 Å². The van der Waals surface area contributed by atoms with Crippen LogP contribution in [0.3, 0.4) is 0 Å². The molecule has 0 aliphatic heterocycles. The van der Waals surface area contributed by atoms with Gasteiger partial charge in [0.15, 0.2) is 5.82 Å². The van der Waals surface area contributed by atoms with E-state index in [1.807, 2.05) is 37.7 Å². The van der Waals surface area contributed by atoms with Gasteiger partial charge < -0.3 is 0 Å². The first-order chi connectivity index (χ1) is 8.91.